The van der Waals surface area contributed by atoms with E-state index in [1.807, 2.05) is 42.5 Å². The van der Waals surface area contributed by atoms with E-state index >= 15 is 0 Å². The lowest BCUT2D eigenvalue weighted by atomic mass is 10.1. The first-order valence-electron chi connectivity index (χ1n) is 8.40. The Bertz CT molecular complexity index is 890. The molecule has 0 heterocycles. The highest BCUT2D eigenvalue weighted by Gasteiger charge is 2.07. The minimum atomic E-state index is -0.451. The zero-order valence-corrected chi connectivity index (χ0v) is 16.0. The average molecular weight is 415 g/mol. The highest BCUT2D eigenvalue weighted by atomic mass is 79.9. The summed E-state index contributed by atoms with van der Waals surface area (Å²) in [7, 11) is 0. The summed E-state index contributed by atoms with van der Waals surface area (Å²) in [6.07, 6.45) is 0.955. The molecule has 0 bridgehead atoms. The van der Waals surface area contributed by atoms with Gasteiger partial charge in [-0.2, -0.15) is 0 Å². The van der Waals surface area contributed by atoms with E-state index in [4.69, 9.17) is 14.2 Å². The van der Waals surface area contributed by atoms with Gasteiger partial charge < -0.3 is 14.2 Å². The maximum atomic E-state index is 12.0. The van der Waals surface area contributed by atoms with E-state index in [0.717, 1.165) is 27.4 Å². The van der Waals surface area contributed by atoms with Crippen molar-refractivity contribution in [2.75, 3.05) is 13.2 Å². The zero-order valence-electron chi connectivity index (χ0n) is 14.4. The second-order valence-corrected chi connectivity index (χ2v) is 6.65. The van der Waals surface area contributed by atoms with Crippen LogP contribution in [0.2, 0.25) is 0 Å². The molecule has 0 aromatic heterocycles. The molecular weight excluding hydrogens is 396 g/mol. The molecule has 0 N–H and O–H groups in total. The number of benzene rings is 3. The molecule has 4 nitrogen and oxygen atoms in total. The minimum absolute atomic E-state index is 0.159. The monoisotopic (exact) mass is 414 g/mol. The van der Waals surface area contributed by atoms with E-state index in [1.165, 1.54) is 0 Å². The first-order chi connectivity index (χ1) is 12.6. The summed E-state index contributed by atoms with van der Waals surface area (Å²) < 4.78 is 17.3. The van der Waals surface area contributed by atoms with Gasteiger partial charge in [0.1, 0.15) is 17.2 Å². The third-order valence-corrected chi connectivity index (χ3v) is 4.15. The second-order valence-electron chi connectivity index (χ2n) is 5.74. The molecule has 0 saturated heterocycles. The topological polar surface area (TPSA) is 44.8 Å². The Morgan fingerprint density at radius 1 is 0.846 bits per heavy atom. The molecule has 0 radical (unpaired) electrons. The summed E-state index contributed by atoms with van der Waals surface area (Å²) in [5.74, 6) is 1.42. The van der Waals surface area contributed by atoms with Crippen LogP contribution in [0, 0.1) is 0 Å². The van der Waals surface area contributed by atoms with Crippen molar-refractivity contribution in [3.63, 3.8) is 0 Å². The number of carbonyl (C=O) groups excluding carboxylic acids is 1. The van der Waals surface area contributed by atoms with Crippen molar-refractivity contribution in [1.29, 1.82) is 0 Å². The van der Waals surface area contributed by atoms with Gasteiger partial charge in [0.25, 0.3) is 0 Å². The Morgan fingerprint density at radius 3 is 2.19 bits per heavy atom. The van der Waals surface area contributed by atoms with Gasteiger partial charge in [-0.05, 0) is 65.7 Å². The number of ether oxygens (including phenoxy) is 3. The van der Waals surface area contributed by atoms with E-state index in [9.17, 15) is 4.79 Å². The van der Waals surface area contributed by atoms with E-state index < -0.39 is 5.97 Å². The largest absolute Gasteiger partial charge is 0.494 e. The van der Waals surface area contributed by atoms with Crippen molar-refractivity contribution >= 4 is 32.7 Å². The standard InChI is InChI=1S/C21H19BrO4/c1-2-11-24-18-7-9-19(10-8-18)25-14-21(23)26-20-6-4-15-12-17(22)5-3-16(15)13-20/h3-10,12-13H,2,11,14H2,1H3. The molecule has 0 aliphatic carbocycles. The first-order valence-corrected chi connectivity index (χ1v) is 9.19. The van der Waals surface area contributed by atoms with Gasteiger partial charge in [0.05, 0.1) is 6.61 Å². The highest BCUT2D eigenvalue weighted by Crippen LogP contribution is 2.24. The van der Waals surface area contributed by atoms with Gasteiger partial charge >= 0.3 is 5.97 Å². The lowest BCUT2D eigenvalue weighted by molar-refractivity contribution is -0.136. The van der Waals surface area contributed by atoms with Crippen molar-refractivity contribution in [3.8, 4) is 17.2 Å². The molecule has 0 aliphatic rings. The van der Waals surface area contributed by atoms with Crippen molar-refractivity contribution in [1.82, 2.24) is 0 Å². The molecule has 0 aliphatic heterocycles. The van der Waals surface area contributed by atoms with E-state index in [1.54, 1.807) is 18.2 Å². The SMILES string of the molecule is CCCOc1ccc(OCC(=O)Oc2ccc3cc(Br)ccc3c2)cc1. The van der Waals surface area contributed by atoms with E-state index in [0.29, 0.717) is 18.1 Å². The quantitative estimate of drug-likeness (QED) is 0.384. The molecule has 3 aromatic rings. The minimum Gasteiger partial charge on any atom is -0.494 e. The van der Waals surface area contributed by atoms with Crippen LogP contribution in [0.25, 0.3) is 10.8 Å². The predicted octanol–water partition coefficient (Wildman–Crippen LogP) is 5.38. The summed E-state index contributed by atoms with van der Waals surface area (Å²) in [5.41, 5.74) is 0. The number of hydrogen-bond acceptors (Lipinski definition) is 4. The van der Waals surface area contributed by atoms with Crippen LogP contribution in [-0.2, 0) is 4.79 Å². The van der Waals surface area contributed by atoms with Crippen LogP contribution in [0.15, 0.2) is 65.1 Å². The maximum Gasteiger partial charge on any atom is 0.349 e. The van der Waals surface area contributed by atoms with Gasteiger partial charge in [-0.3, -0.25) is 0 Å². The lowest BCUT2D eigenvalue weighted by Crippen LogP contribution is -2.17. The molecule has 0 fully saturated rings. The molecule has 3 rings (SSSR count). The Hall–Kier alpha value is -2.53. The number of hydrogen-bond donors (Lipinski definition) is 0. The molecule has 26 heavy (non-hydrogen) atoms. The molecule has 0 amide bonds. The third kappa shape index (κ3) is 4.99. The fourth-order valence-corrected chi connectivity index (χ4v) is 2.79. The number of halogens is 1. The van der Waals surface area contributed by atoms with Gasteiger partial charge in [-0.15, -0.1) is 0 Å². The maximum absolute atomic E-state index is 12.0. The van der Waals surface area contributed by atoms with Crippen LogP contribution in [0.4, 0.5) is 0 Å². The Morgan fingerprint density at radius 2 is 1.46 bits per heavy atom. The van der Waals surface area contributed by atoms with Crippen LogP contribution >= 0.6 is 15.9 Å². The van der Waals surface area contributed by atoms with E-state index in [-0.39, 0.29) is 6.61 Å². The Kier molecular flexibility index (Phi) is 6.12. The van der Waals surface area contributed by atoms with Crippen LogP contribution in [0.3, 0.4) is 0 Å². The molecule has 134 valence electrons. The molecule has 0 saturated carbocycles. The van der Waals surface area contributed by atoms with Gasteiger partial charge in [-0.1, -0.05) is 35.0 Å². The van der Waals surface area contributed by atoms with Crippen LogP contribution in [0.1, 0.15) is 13.3 Å². The summed E-state index contributed by atoms with van der Waals surface area (Å²) in [6, 6.07) is 18.6. The zero-order chi connectivity index (χ0) is 18.4. The van der Waals surface area contributed by atoms with Gasteiger partial charge in [0, 0.05) is 4.47 Å². The molecule has 0 atom stereocenters. The van der Waals surface area contributed by atoms with Crippen molar-refractivity contribution in [2.24, 2.45) is 0 Å². The number of fused-ring (bicyclic) bond motifs is 1. The van der Waals surface area contributed by atoms with Crippen molar-refractivity contribution < 1.29 is 19.0 Å². The van der Waals surface area contributed by atoms with Crippen molar-refractivity contribution in [3.05, 3.63) is 65.1 Å². The van der Waals surface area contributed by atoms with Crippen LogP contribution in [0.5, 0.6) is 17.2 Å². The fourth-order valence-electron chi connectivity index (χ4n) is 2.41. The highest BCUT2D eigenvalue weighted by molar-refractivity contribution is 9.10. The summed E-state index contributed by atoms with van der Waals surface area (Å²) in [4.78, 5) is 12.0. The number of esters is 1. The summed E-state index contributed by atoms with van der Waals surface area (Å²) in [5, 5.41) is 2.07. The molecule has 0 spiro atoms. The third-order valence-electron chi connectivity index (χ3n) is 3.66. The Labute approximate surface area is 160 Å². The second kappa shape index (κ2) is 8.72. The number of carbonyl (C=O) groups is 1. The Balaban J connectivity index is 1.54. The smallest absolute Gasteiger partial charge is 0.349 e. The van der Waals surface area contributed by atoms with Gasteiger partial charge in [0.2, 0.25) is 0 Å². The lowest BCUT2D eigenvalue weighted by Gasteiger charge is -2.09. The first kappa shape index (κ1) is 18.3. The fraction of sp³-hybridized carbons (Fsp3) is 0.190. The molecule has 5 heteroatoms. The molecule has 0 unspecified atom stereocenters. The molecular formula is C21H19BrO4. The van der Waals surface area contributed by atoms with E-state index in [2.05, 4.69) is 22.9 Å². The van der Waals surface area contributed by atoms with Crippen LogP contribution < -0.4 is 14.2 Å². The van der Waals surface area contributed by atoms with Gasteiger partial charge in [0.15, 0.2) is 6.61 Å². The summed E-state index contributed by atoms with van der Waals surface area (Å²) >= 11 is 3.44. The average Bonchev–Trinajstić information content (AvgIpc) is 2.65. The summed E-state index contributed by atoms with van der Waals surface area (Å²) in [6.45, 7) is 2.57. The van der Waals surface area contributed by atoms with Crippen LogP contribution in [-0.4, -0.2) is 19.2 Å². The van der Waals surface area contributed by atoms with Crippen molar-refractivity contribution in [2.45, 2.75) is 13.3 Å². The predicted molar refractivity (Wildman–Crippen MR) is 105 cm³/mol. The number of rotatable bonds is 7. The van der Waals surface area contributed by atoms with Gasteiger partial charge in [-0.25, -0.2) is 4.79 Å². The normalized spacial score (nSPS) is 10.5. The molecule has 3 aromatic carbocycles.